The van der Waals surface area contributed by atoms with E-state index in [-0.39, 0.29) is 29.9 Å². The van der Waals surface area contributed by atoms with Gasteiger partial charge in [-0.1, -0.05) is 19.1 Å². The Morgan fingerprint density at radius 1 is 1.42 bits per heavy atom. The van der Waals surface area contributed by atoms with Crippen LogP contribution in [-0.4, -0.2) is 28.7 Å². The molecule has 5 nitrogen and oxygen atoms in total. The summed E-state index contributed by atoms with van der Waals surface area (Å²) in [4.78, 5) is 15.7. The molecule has 0 bridgehead atoms. The number of hydrogen-bond donors (Lipinski definition) is 2. The highest BCUT2D eigenvalue weighted by Gasteiger charge is 2.31. The summed E-state index contributed by atoms with van der Waals surface area (Å²) in [5, 5.41) is 9.42. The quantitative estimate of drug-likeness (QED) is 0.904. The number of carbonyl (C=O) groups excluding carboxylic acids is 1. The van der Waals surface area contributed by atoms with E-state index in [4.69, 9.17) is 10.5 Å². The Labute approximate surface area is 139 Å². The topological polar surface area (TPSA) is 85.4 Å². The van der Waals surface area contributed by atoms with E-state index in [0.29, 0.717) is 17.5 Å². The van der Waals surface area contributed by atoms with Crippen molar-refractivity contribution in [1.29, 1.82) is 0 Å². The maximum atomic E-state index is 14.5. The number of benzene rings is 1. The molecule has 0 radical (unpaired) electrons. The number of aryl methyl sites for hydroxylation is 1. The first-order chi connectivity index (χ1) is 11.4. The Morgan fingerprint density at radius 3 is 2.79 bits per heavy atom. The van der Waals surface area contributed by atoms with Gasteiger partial charge in [0.15, 0.2) is 0 Å². The first-order valence-electron chi connectivity index (χ1n) is 7.78. The lowest BCUT2D eigenvalue weighted by Crippen LogP contribution is -2.35. The van der Waals surface area contributed by atoms with Crippen molar-refractivity contribution in [3.05, 3.63) is 46.9 Å². The van der Waals surface area contributed by atoms with E-state index in [1.807, 2.05) is 6.92 Å². The molecule has 2 heterocycles. The van der Waals surface area contributed by atoms with Gasteiger partial charge in [-0.05, 0) is 42.5 Å². The van der Waals surface area contributed by atoms with Gasteiger partial charge in [0.2, 0.25) is 5.88 Å². The molecule has 24 heavy (non-hydrogen) atoms. The number of carbonyl (C=O) groups is 1. The minimum absolute atomic E-state index is 0.00923. The molecular formula is C18H19FN2O3. The van der Waals surface area contributed by atoms with E-state index in [9.17, 15) is 14.3 Å². The average Bonchev–Trinajstić information content (AvgIpc) is 2.53. The van der Waals surface area contributed by atoms with Gasteiger partial charge in [-0.25, -0.2) is 9.37 Å². The number of aliphatic hydroxyl groups excluding tert-OH is 1. The molecule has 1 aromatic heterocycles. The Hall–Kier alpha value is -2.47. The van der Waals surface area contributed by atoms with E-state index < -0.39 is 12.0 Å². The van der Waals surface area contributed by atoms with Gasteiger partial charge in [-0.2, -0.15) is 0 Å². The zero-order valence-corrected chi connectivity index (χ0v) is 13.5. The first-order valence-corrected chi connectivity index (χ1v) is 7.78. The average molecular weight is 330 g/mol. The molecule has 0 saturated heterocycles. The fraction of sp³-hybridized carbons (Fsp3) is 0.333. The third-order valence-electron chi connectivity index (χ3n) is 4.36. The maximum absolute atomic E-state index is 14.5. The molecule has 2 atom stereocenters. The summed E-state index contributed by atoms with van der Waals surface area (Å²) in [6.45, 7) is 3.60. The van der Waals surface area contributed by atoms with Crippen LogP contribution in [0.15, 0.2) is 24.3 Å². The summed E-state index contributed by atoms with van der Waals surface area (Å²) >= 11 is 0. The summed E-state index contributed by atoms with van der Waals surface area (Å²) in [5.41, 5.74) is 7.81. The van der Waals surface area contributed by atoms with Gasteiger partial charge in [-0.15, -0.1) is 0 Å². The Kier molecular flexibility index (Phi) is 4.24. The van der Waals surface area contributed by atoms with E-state index in [0.717, 1.165) is 11.1 Å². The van der Waals surface area contributed by atoms with Crippen LogP contribution in [0.5, 0.6) is 5.88 Å². The Balaban J connectivity index is 2.21. The van der Waals surface area contributed by atoms with Crippen LogP contribution in [0.2, 0.25) is 0 Å². The van der Waals surface area contributed by atoms with Gasteiger partial charge in [-0.3, -0.25) is 4.79 Å². The SMILES string of the molecule is Cc1ccc(-c2cc(C(N)=O)nc3c2C[C@@H](C)[C@@H](CO)O3)c(F)c1. The Morgan fingerprint density at radius 2 is 2.17 bits per heavy atom. The number of nitrogens with zero attached hydrogens (tertiary/aromatic N) is 1. The lowest BCUT2D eigenvalue weighted by molar-refractivity contribution is 0.0561. The van der Waals surface area contributed by atoms with Crippen molar-refractivity contribution < 1.29 is 19.0 Å². The summed E-state index contributed by atoms with van der Waals surface area (Å²) in [6.07, 6.45) is 0.152. The number of halogens is 1. The van der Waals surface area contributed by atoms with Gasteiger partial charge >= 0.3 is 0 Å². The number of fused-ring (bicyclic) bond motifs is 1. The molecule has 0 unspecified atom stereocenters. The molecular weight excluding hydrogens is 311 g/mol. The normalized spacial score (nSPS) is 19.5. The van der Waals surface area contributed by atoms with Crippen LogP contribution in [0.1, 0.15) is 28.5 Å². The van der Waals surface area contributed by atoms with Crippen LogP contribution in [0.4, 0.5) is 4.39 Å². The Bertz CT molecular complexity index is 807. The molecule has 1 amide bonds. The highest BCUT2D eigenvalue weighted by Crippen LogP contribution is 2.38. The molecule has 0 saturated carbocycles. The summed E-state index contributed by atoms with van der Waals surface area (Å²) < 4.78 is 20.2. The van der Waals surface area contributed by atoms with Crippen LogP contribution in [0.25, 0.3) is 11.1 Å². The second kappa shape index (κ2) is 6.20. The molecule has 1 aromatic carbocycles. The smallest absolute Gasteiger partial charge is 0.267 e. The third kappa shape index (κ3) is 2.85. The van der Waals surface area contributed by atoms with Gasteiger partial charge in [0.1, 0.15) is 17.6 Å². The largest absolute Gasteiger partial charge is 0.471 e. The first kappa shape index (κ1) is 16.4. The highest BCUT2D eigenvalue weighted by molar-refractivity contribution is 5.93. The van der Waals surface area contributed by atoms with Gasteiger partial charge in [0.05, 0.1) is 6.61 Å². The van der Waals surface area contributed by atoms with Crippen molar-refractivity contribution >= 4 is 5.91 Å². The van der Waals surface area contributed by atoms with E-state index in [2.05, 4.69) is 4.98 Å². The van der Waals surface area contributed by atoms with Crippen LogP contribution in [-0.2, 0) is 6.42 Å². The molecule has 126 valence electrons. The predicted molar refractivity (Wildman–Crippen MR) is 87.3 cm³/mol. The van der Waals surface area contributed by atoms with Crippen molar-refractivity contribution in [2.45, 2.75) is 26.4 Å². The molecule has 2 aromatic rings. The fourth-order valence-electron chi connectivity index (χ4n) is 2.98. The third-order valence-corrected chi connectivity index (χ3v) is 4.36. The van der Waals surface area contributed by atoms with Crippen molar-refractivity contribution in [2.24, 2.45) is 11.7 Å². The molecule has 3 N–H and O–H groups in total. The zero-order chi connectivity index (χ0) is 17.4. The second-order valence-electron chi connectivity index (χ2n) is 6.21. The van der Waals surface area contributed by atoms with Crippen molar-refractivity contribution in [3.8, 4) is 17.0 Å². The van der Waals surface area contributed by atoms with Crippen molar-refractivity contribution in [1.82, 2.24) is 4.98 Å². The van der Waals surface area contributed by atoms with Crippen LogP contribution in [0.3, 0.4) is 0 Å². The number of aromatic nitrogens is 1. The predicted octanol–water partition coefficient (Wildman–Crippen LogP) is 2.23. The van der Waals surface area contributed by atoms with E-state index >= 15 is 0 Å². The fourth-order valence-corrected chi connectivity index (χ4v) is 2.98. The molecule has 1 aliphatic heterocycles. The molecule has 0 spiro atoms. The van der Waals surface area contributed by atoms with E-state index in [1.165, 1.54) is 12.1 Å². The number of rotatable bonds is 3. The summed E-state index contributed by atoms with van der Waals surface area (Å²) in [7, 11) is 0. The van der Waals surface area contributed by atoms with Gasteiger partial charge < -0.3 is 15.6 Å². The molecule has 0 aliphatic carbocycles. The van der Waals surface area contributed by atoms with Crippen molar-refractivity contribution in [3.63, 3.8) is 0 Å². The summed E-state index contributed by atoms with van der Waals surface area (Å²) in [6, 6.07) is 6.42. The molecule has 6 heteroatoms. The minimum Gasteiger partial charge on any atom is -0.471 e. The number of pyridine rings is 1. The van der Waals surface area contributed by atoms with Crippen molar-refractivity contribution in [2.75, 3.05) is 6.61 Å². The highest BCUT2D eigenvalue weighted by atomic mass is 19.1. The summed E-state index contributed by atoms with van der Waals surface area (Å²) in [5.74, 6) is -0.820. The van der Waals surface area contributed by atoms with Gasteiger partial charge in [0.25, 0.3) is 5.91 Å². The van der Waals surface area contributed by atoms with E-state index in [1.54, 1.807) is 19.1 Å². The number of ether oxygens (including phenoxy) is 1. The van der Waals surface area contributed by atoms with Gasteiger partial charge in [0, 0.05) is 11.1 Å². The number of aliphatic hydroxyl groups is 1. The zero-order valence-electron chi connectivity index (χ0n) is 13.5. The number of hydrogen-bond acceptors (Lipinski definition) is 4. The lowest BCUT2D eigenvalue weighted by atomic mass is 9.88. The maximum Gasteiger partial charge on any atom is 0.267 e. The lowest BCUT2D eigenvalue weighted by Gasteiger charge is -2.31. The monoisotopic (exact) mass is 330 g/mol. The molecule has 3 rings (SSSR count). The molecule has 1 aliphatic rings. The van der Waals surface area contributed by atoms with Crippen LogP contribution >= 0.6 is 0 Å². The second-order valence-corrected chi connectivity index (χ2v) is 6.21. The number of primary amides is 1. The minimum atomic E-state index is -0.714. The standard InChI is InChI=1S/C18H19FN2O3/c1-9-3-4-11(14(19)5-9)12-7-15(17(20)23)21-18-13(12)6-10(2)16(8-22)24-18/h3-5,7,10,16,22H,6,8H2,1-2H3,(H2,20,23)/t10-,16-/m1/s1. The van der Waals surface area contributed by atoms with Crippen LogP contribution < -0.4 is 10.5 Å². The molecule has 0 fully saturated rings. The number of nitrogens with two attached hydrogens (primary N) is 1. The number of amides is 1. The van der Waals surface area contributed by atoms with Crippen LogP contribution in [0, 0.1) is 18.7 Å².